The molecule has 0 bridgehead atoms. The Morgan fingerprint density at radius 1 is 0.773 bits per heavy atom. The molecule has 0 saturated heterocycles. The number of nitrogens with two attached hydrogens (primary N) is 2. The molecule has 0 atom stereocenters. The highest BCUT2D eigenvalue weighted by molar-refractivity contribution is 7.89. The van der Waals surface area contributed by atoms with Crippen LogP contribution in [0.1, 0.15) is 0 Å². The highest BCUT2D eigenvalue weighted by atomic mass is 32.2. The van der Waals surface area contributed by atoms with E-state index in [0.29, 0.717) is 5.69 Å². The van der Waals surface area contributed by atoms with Crippen molar-refractivity contribution in [3.05, 3.63) is 59.4 Å². The van der Waals surface area contributed by atoms with Crippen LogP contribution in [-0.2, 0) is 10.0 Å². The van der Waals surface area contributed by atoms with Gasteiger partial charge in [0.2, 0.25) is 15.8 Å². The first-order chi connectivity index (χ1) is 10.0. The van der Waals surface area contributed by atoms with E-state index in [4.69, 9.17) is 10.9 Å². The third-order valence-corrected chi connectivity index (χ3v) is 3.20. The molecule has 0 aromatic heterocycles. The number of hydrogen-bond acceptors (Lipinski definition) is 3. The Morgan fingerprint density at radius 3 is 1.55 bits per heavy atom. The van der Waals surface area contributed by atoms with Crippen LogP contribution in [-0.4, -0.2) is 8.42 Å². The van der Waals surface area contributed by atoms with Crippen LogP contribution in [0.4, 0.5) is 27.6 Å². The molecule has 0 unspecified atom stereocenters. The number of nitrogen functional groups attached to an aromatic ring is 1. The lowest BCUT2D eigenvalue weighted by Gasteiger charge is -1.96. The maximum atomic E-state index is 12.0. The first-order valence-electron chi connectivity index (χ1n) is 5.41. The molecule has 0 spiro atoms. The zero-order valence-corrected chi connectivity index (χ0v) is 11.5. The Kier molecular flexibility index (Phi) is 5.44. The number of anilines is 1. The minimum Gasteiger partial charge on any atom is -0.399 e. The summed E-state index contributed by atoms with van der Waals surface area (Å²) < 4.78 is 81.4. The zero-order valence-electron chi connectivity index (χ0n) is 10.7. The minimum absolute atomic E-state index is 0.0618. The second kappa shape index (κ2) is 6.71. The van der Waals surface area contributed by atoms with Crippen LogP contribution in [0.25, 0.3) is 0 Å². The lowest BCUT2D eigenvalue weighted by Crippen LogP contribution is -2.11. The van der Waals surface area contributed by atoms with Crippen LogP contribution < -0.4 is 10.9 Å². The summed E-state index contributed by atoms with van der Waals surface area (Å²) in [6.07, 6.45) is 0. The molecule has 0 radical (unpaired) electrons. The molecule has 22 heavy (non-hydrogen) atoms. The fourth-order valence-electron chi connectivity index (χ4n) is 1.20. The molecule has 4 N–H and O–H groups in total. The maximum absolute atomic E-state index is 12.0. The monoisotopic (exact) mass is 340 g/mol. The van der Waals surface area contributed by atoms with E-state index in [1.165, 1.54) is 24.3 Å². The summed E-state index contributed by atoms with van der Waals surface area (Å²) in [6, 6.07) is 5.64. The van der Waals surface area contributed by atoms with Gasteiger partial charge in [-0.25, -0.2) is 35.5 Å². The van der Waals surface area contributed by atoms with Gasteiger partial charge in [0.15, 0.2) is 23.3 Å². The second-order valence-electron chi connectivity index (χ2n) is 3.90. The number of rotatable bonds is 1. The van der Waals surface area contributed by atoms with Crippen LogP contribution in [0.2, 0.25) is 0 Å². The normalized spacial score (nSPS) is 10.8. The predicted molar refractivity (Wildman–Crippen MR) is 68.5 cm³/mol. The van der Waals surface area contributed by atoms with Crippen molar-refractivity contribution < 1.29 is 30.4 Å². The molecule has 10 heteroatoms. The molecule has 120 valence electrons. The van der Waals surface area contributed by atoms with Gasteiger partial charge in [-0.05, 0) is 24.3 Å². The molecule has 0 aliphatic carbocycles. The standard InChI is InChI=1S/C6HF5.C6H8N2O2S/c7-2-1-3(8)5(10)6(11)4(2)9;7-5-1-3-6(4-2-5)11(8,9)10/h1H;1-4H,7H2,(H2,8,9,10). The Balaban J connectivity index is 0.000000220. The largest absolute Gasteiger partial charge is 0.399 e. The SMILES string of the molecule is Fc1cc(F)c(F)c(F)c1F.Nc1ccc(S(N)(=O)=O)cc1. The molecule has 0 aliphatic heterocycles. The first kappa shape index (κ1) is 17.9. The molecule has 2 aromatic carbocycles. The number of halogens is 5. The van der Waals surface area contributed by atoms with Crippen LogP contribution >= 0.6 is 0 Å². The van der Waals surface area contributed by atoms with E-state index in [0.717, 1.165) is 0 Å². The highest BCUT2D eigenvalue weighted by Gasteiger charge is 2.18. The van der Waals surface area contributed by atoms with E-state index in [9.17, 15) is 30.4 Å². The Hall–Kier alpha value is -2.20. The molecule has 0 amide bonds. The van der Waals surface area contributed by atoms with Gasteiger partial charge in [0.1, 0.15) is 0 Å². The molecule has 4 nitrogen and oxygen atoms in total. The van der Waals surface area contributed by atoms with Gasteiger partial charge in [0, 0.05) is 11.8 Å². The molecule has 0 heterocycles. The molecular formula is C12H9F5N2O2S. The molecule has 2 aromatic rings. The fraction of sp³-hybridized carbons (Fsp3) is 0. The lowest BCUT2D eigenvalue weighted by atomic mass is 10.3. The van der Waals surface area contributed by atoms with E-state index in [2.05, 4.69) is 0 Å². The van der Waals surface area contributed by atoms with Gasteiger partial charge in [-0.1, -0.05) is 0 Å². The summed E-state index contributed by atoms with van der Waals surface area (Å²) in [7, 11) is -3.58. The summed E-state index contributed by atoms with van der Waals surface area (Å²) in [5.74, 6) is -9.65. The van der Waals surface area contributed by atoms with Crippen molar-refractivity contribution in [3.63, 3.8) is 0 Å². The van der Waals surface area contributed by atoms with Gasteiger partial charge in [-0.15, -0.1) is 0 Å². The summed E-state index contributed by atoms with van der Waals surface area (Å²) >= 11 is 0. The van der Waals surface area contributed by atoms with Crippen molar-refractivity contribution in [3.8, 4) is 0 Å². The van der Waals surface area contributed by atoms with Crippen molar-refractivity contribution in [2.24, 2.45) is 5.14 Å². The van der Waals surface area contributed by atoms with Gasteiger partial charge in [0.05, 0.1) is 4.90 Å². The maximum Gasteiger partial charge on any atom is 0.238 e. The summed E-state index contributed by atoms with van der Waals surface area (Å²) in [4.78, 5) is 0.0756. The fourth-order valence-corrected chi connectivity index (χ4v) is 1.72. The van der Waals surface area contributed by atoms with Crippen molar-refractivity contribution in [2.45, 2.75) is 4.90 Å². The van der Waals surface area contributed by atoms with E-state index < -0.39 is 39.1 Å². The highest BCUT2D eigenvalue weighted by Crippen LogP contribution is 2.16. The molecular weight excluding hydrogens is 331 g/mol. The summed E-state index contributed by atoms with van der Waals surface area (Å²) in [5.41, 5.74) is 5.85. The van der Waals surface area contributed by atoms with E-state index in [1.54, 1.807) is 0 Å². The van der Waals surface area contributed by atoms with Gasteiger partial charge >= 0.3 is 0 Å². The van der Waals surface area contributed by atoms with E-state index >= 15 is 0 Å². The van der Waals surface area contributed by atoms with E-state index in [-0.39, 0.29) is 11.0 Å². The number of hydrogen-bond donors (Lipinski definition) is 2. The average Bonchev–Trinajstić information content (AvgIpc) is 2.43. The molecule has 0 saturated carbocycles. The van der Waals surface area contributed by atoms with Crippen LogP contribution in [0.15, 0.2) is 35.2 Å². The van der Waals surface area contributed by atoms with Crippen LogP contribution in [0.3, 0.4) is 0 Å². The summed E-state index contributed by atoms with van der Waals surface area (Å²) in [5, 5.41) is 4.84. The van der Waals surface area contributed by atoms with Gasteiger partial charge in [-0.2, -0.15) is 0 Å². The smallest absolute Gasteiger partial charge is 0.238 e. The quantitative estimate of drug-likeness (QED) is 0.361. The molecule has 2 rings (SSSR count). The van der Waals surface area contributed by atoms with Gasteiger partial charge in [0.25, 0.3) is 0 Å². The molecule has 0 fully saturated rings. The van der Waals surface area contributed by atoms with E-state index in [1.807, 2.05) is 0 Å². The van der Waals surface area contributed by atoms with Gasteiger partial charge < -0.3 is 5.73 Å². The van der Waals surface area contributed by atoms with Crippen LogP contribution in [0.5, 0.6) is 0 Å². The third kappa shape index (κ3) is 4.40. The van der Waals surface area contributed by atoms with Crippen molar-refractivity contribution >= 4 is 15.7 Å². The predicted octanol–water partition coefficient (Wildman–Crippen LogP) is 2.30. The van der Waals surface area contributed by atoms with Crippen molar-refractivity contribution in [1.82, 2.24) is 0 Å². The number of sulfonamides is 1. The Bertz CT molecular complexity index is 753. The Morgan fingerprint density at radius 2 is 1.18 bits per heavy atom. The summed E-state index contributed by atoms with van der Waals surface area (Å²) in [6.45, 7) is 0. The number of benzene rings is 2. The lowest BCUT2D eigenvalue weighted by molar-refractivity contribution is 0.378. The Labute approximate surface area is 122 Å². The third-order valence-electron chi connectivity index (χ3n) is 2.27. The molecule has 0 aliphatic rings. The number of primary sulfonamides is 1. The van der Waals surface area contributed by atoms with Crippen molar-refractivity contribution in [2.75, 3.05) is 5.73 Å². The van der Waals surface area contributed by atoms with Crippen LogP contribution in [0, 0.1) is 29.1 Å². The first-order valence-corrected chi connectivity index (χ1v) is 6.95. The van der Waals surface area contributed by atoms with Gasteiger partial charge in [-0.3, -0.25) is 0 Å². The van der Waals surface area contributed by atoms with Crippen molar-refractivity contribution in [1.29, 1.82) is 0 Å². The zero-order chi connectivity index (χ0) is 17.1. The minimum atomic E-state index is -3.58. The average molecular weight is 340 g/mol. The second-order valence-corrected chi connectivity index (χ2v) is 5.46. The topological polar surface area (TPSA) is 86.2 Å².